The second kappa shape index (κ2) is 22.5. The summed E-state index contributed by atoms with van der Waals surface area (Å²) in [6, 6.07) is 10.0. The van der Waals surface area contributed by atoms with Crippen molar-refractivity contribution in [3.8, 4) is 11.5 Å². The van der Waals surface area contributed by atoms with E-state index < -0.39 is 11.8 Å². The number of aryl methyl sites for hydroxylation is 2. The van der Waals surface area contributed by atoms with Crippen molar-refractivity contribution in [2.45, 2.75) is 130 Å². The van der Waals surface area contributed by atoms with Crippen LogP contribution in [-0.4, -0.2) is 33.8 Å². The van der Waals surface area contributed by atoms with E-state index in [-0.39, 0.29) is 46.3 Å². The molecule has 0 radical (unpaired) electrons. The number of carbonyl (C=O) groups excluding carboxylic acids is 4. The van der Waals surface area contributed by atoms with Crippen LogP contribution in [0.1, 0.15) is 149 Å². The van der Waals surface area contributed by atoms with Gasteiger partial charge in [0.15, 0.2) is 0 Å². The summed E-state index contributed by atoms with van der Waals surface area (Å²) >= 11 is 0. The van der Waals surface area contributed by atoms with E-state index in [2.05, 4.69) is 35.6 Å². The van der Waals surface area contributed by atoms with Crippen molar-refractivity contribution < 1.29 is 29.4 Å². The average molecular weight is 667 g/mol. The lowest BCUT2D eigenvalue weighted by Gasteiger charge is -2.16. The molecule has 0 spiro atoms. The topological polar surface area (TPSA) is 157 Å². The molecule has 6 N–H and O–H groups in total. The molecule has 10 heteroatoms. The summed E-state index contributed by atoms with van der Waals surface area (Å²) in [5.41, 5.74) is 11.9. The van der Waals surface area contributed by atoms with Gasteiger partial charge in [0.2, 0.25) is 11.8 Å². The maximum atomic E-state index is 12.7. The molecule has 2 unspecified atom stereocenters. The van der Waals surface area contributed by atoms with E-state index in [0.717, 1.165) is 81.8 Å². The normalized spacial score (nSPS) is 12.2. The molecule has 2 atom stereocenters. The van der Waals surface area contributed by atoms with E-state index in [1.54, 1.807) is 31.2 Å². The Hall–Kier alpha value is -4.08. The summed E-state index contributed by atoms with van der Waals surface area (Å²) in [6.45, 7) is 8.02. The Bertz CT molecular complexity index is 1310. The number of hydrazine groups is 2. The summed E-state index contributed by atoms with van der Waals surface area (Å²) in [5.74, 6) is -2.58. The van der Waals surface area contributed by atoms with Crippen LogP contribution in [0.5, 0.6) is 11.5 Å². The quantitative estimate of drug-likeness (QED) is 0.0612. The highest BCUT2D eigenvalue weighted by Crippen LogP contribution is 2.22. The van der Waals surface area contributed by atoms with Crippen molar-refractivity contribution in [1.82, 2.24) is 21.7 Å². The van der Waals surface area contributed by atoms with E-state index >= 15 is 0 Å². The van der Waals surface area contributed by atoms with Crippen LogP contribution < -0.4 is 21.7 Å². The van der Waals surface area contributed by atoms with Crippen molar-refractivity contribution in [3.63, 3.8) is 0 Å². The third-order valence-electron chi connectivity index (χ3n) is 8.85. The van der Waals surface area contributed by atoms with E-state index in [9.17, 15) is 29.4 Å². The van der Waals surface area contributed by atoms with Gasteiger partial charge < -0.3 is 10.2 Å². The zero-order valence-electron chi connectivity index (χ0n) is 29.5. The minimum absolute atomic E-state index is 0.106. The SMILES string of the molecule is CCCCCCc1ccc(C(=O)NNC(=O)C(C)CCCCCC(CC)C(=O)NNC(=O)c2ccc(CCCCCC)cc2O)c(O)c1. The zero-order valence-corrected chi connectivity index (χ0v) is 29.5. The van der Waals surface area contributed by atoms with E-state index in [1.165, 1.54) is 12.8 Å². The fraction of sp³-hybridized carbons (Fsp3) is 0.579. The highest BCUT2D eigenvalue weighted by atomic mass is 16.3. The minimum atomic E-state index is -0.575. The highest BCUT2D eigenvalue weighted by Gasteiger charge is 2.19. The van der Waals surface area contributed by atoms with Gasteiger partial charge in [0.05, 0.1) is 11.1 Å². The fourth-order valence-corrected chi connectivity index (χ4v) is 5.63. The van der Waals surface area contributed by atoms with Gasteiger partial charge in [0.25, 0.3) is 11.8 Å². The Kier molecular flexibility index (Phi) is 18.8. The van der Waals surface area contributed by atoms with Gasteiger partial charge in [-0.25, -0.2) is 0 Å². The van der Waals surface area contributed by atoms with Crippen molar-refractivity contribution in [2.75, 3.05) is 0 Å². The van der Waals surface area contributed by atoms with Crippen molar-refractivity contribution >= 4 is 23.6 Å². The lowest BCUT2D eigenvalue weighted by molar-refractivity contribution is -0.126. The second-order valence-corrected chi connectivity index (χ2v) is 12.9. The molecular weight excluding hydrogens is 608 g/mol. The third kappa shape index (κ3) is 14.4. The van der Waals surface area contributed by atoms with Gasteiger partial charge in [-0.1, -0.05) is 97.6 Å². The Labute approximate surface area is 286 Å². The van der Waals surface area contributed by atoms with Gasteiger partial charge in [-0.05, 0) is 80.3 Å². The van der Waals surface area contributed by atoms with E-state index in [0.29, 0.717) is 19.3 Å². The monoisotopic (exact) mass is 666 g/mol. The first-order valence-electron chi connectivity index (χ1n) is 17.9. The molecule has 10 nitrogen and oxygen atoms in total. The van der Waals surface area contributed by atoms with Gasteiger partial charge in [-0.3, -0.25) is 40.9 Å². The van der Waals surface area contributed by atoms with Crippen LogP contribution in [0.4, 0.5) is 0 Å². The standard InChI is InChI=1S/C38H58N4O6/c1-5-8-10-14-18-28-21-23-31(33(43)25-28)37(47)41-39-35(45)27(4)17-13-12-16-20-30(7-3)36(46)40-42-38(48)32-24-22-29(26-34(32)44)19-15-11-9-6-2/h21-27,30,43-44H,5-20H2,1-4H3,(H,39,45)(H,40,46)(H,41,47)(H,42,48). The number of amides is 4. The molecule has 0 saturated carbocycles. The number of benzene rings is 2. The molecule has 0 saturated heterocycles. The van der Waals surface area contributed by atoms with Crippen LogP contribution in [0, 0.1) is 11.8 Å². The smallest absolute Gasteiger partial charge is 0.273 e. The summed E-state index contributed by atoms with van der Waals surface area (Å²) in [5, 5.41) is 20.7. The number of unbranched alkanes of at least 4 members (excludes halogenated alkanes) is 8. The van der Waals surface area contributed by atoms with Crippen LogP contribution >= 0.6 is 0 Å². The maximum Gasteiger partial charge on any atom is 0.273 e. The molecule has 0 heterocycles. The lowest BCUT2D eigenvalue weighted by Crippen LogP contribution is -2.44. The molecule has 2 aromatic carbocycles. The molecule has 0 aliphatic carbocycles. The van der Waals surface area contributed by atoms with Gasteiger partial charge in [-0.15, -0.1) is 0 Å². The minimum Gasteiger partial charge on any atom is -0.507 e. The number of nitrogens with one attached hydrogen (secondary N) is 4. The van der Waals surface area contributed by atoms with Gasteiger partial charge >= 0.3 is 0 Å². The lowest BCUT2D eigenvalue weighted by atomic mass is 9.96. The number of hydrogen-bond donors (Lipinski definition) is 6. The number of carbonyl (C=O) groups is 4. The Balaban J connectivity index is 1.67. The Morgan fingerprint density at radius 1 is 0.583 bits per heavy atom. The van der Waals surface area contributed by atoms with Gasteiger partial charge in [0, 0.05) is 11.8 Å². The summed E-state index contributed by atoms with van der Waals surface area (Å²) in [6.07, 6.45) is 14.9. The predicted octanol–water partition coefficient (Wildman–Crippen LogP) is 7.18. The molecule has 0 aliphatic heterocycles. The van der Waals surface area contributed by atoms with Crippen LogP contribution in [0.25, 0.3) is 0 Å². The van der Waals surface area contributed by atoms with Crippen LogP contribution in [0.2, 0.25) is 0 Å². The molecule has 2 aromatic rings. The van der Waals surface area contributed by atoms with Crippen LogP contribution in [-0.2, 0) is 22.4 Å². The largest absolute Gasteiger partial charge is 0.507 e. The third-order valence-corrected chi connectivity index (χ3v) is 8.85. The maximum absolute atomic E-state index is 12.7. The number of rotatable bonds is 21. The molecular formula is C38H58N4O6. The number of hydrogen-bond acceptors (Lipinski definition) is 6. The van der Waals surface area contributed by atoms with Crippen LogP contribution in [0.3, 0.4) is 0 Å². The van der Waals surface area contributed by atoms with Crippen molar-refractivity contribution in [2.24, 2.45) is 11.8 Å². The molecule has 48 heavy (non-hydrogen) atoms. The fourth-order valence-electron chi connectivity index (χ4n) is 5.63. The molecule has 0 aliphatic rings. The first kappa shape index (κ1) is 40.1. The molecule has 266 valence electrons. The van der Waals surface area contributed by atoms with Crippen LogP contribution in [0.15, 0.2) is 36.4 Å². The molecule has 2 rings (SSSR count). The first-order valence-corrected chi connectivity index (χ1v) is 17.9. The first-order chi connectivity index (χ1) is 23.1. The van der Waals surface area contributed by atoms with E-state index in [1.807, 2.05) is 19.1 Å². The number of aromatic hydroxyl groups is 2. The molecule has 4 amide bonds. The molecule has 0 fully saturated rings. The van der Waals surface area contributed by atoms with Gasteiger partial charge in [0.1, 0.15) is 11.5 Å². The molecule has 0 bridgehead atoms. The Morgan fingerprint density at radius 3 is 1.50 bits per heavy atom. The highest BCUT2D eigenvalue weighted by molar-refractivity contribution is 5.98. The summed E-state index contributed by atoms with van der Waals surface area (Å²) < 4.78 is 0. The zero-order chi connectivity index (χ0) is 35.3. The number of phenols is 2. The predicted molar refractivity (Wildman–Crippen MR) is 189 cm³/mol. The second-order valence-electron chi connectivity index (χ2n) is 12.9. The van der Waals surface area contributed by atoms with E-state index in [4.69, 9.17) is 0 Å². The average Bonchev–Trinajstić information content (AvgIpc) is 3.07. The summed E-state index contributed by atoms with van der Waals surface area (Å²) in [7, 11) is 0. The van der Waals surface area contributed by atoms with Gasteiger partial charge in [-0.2, -0.15) is 0 Å². The Morgan fingerprint density at radius 2 is 1.04 bits per heavy atom. The molecule has 0 aromatic heterocycles. The van der Waals surface area contributed by atoms with Crippen molar-refractivity contribution in [1.29, 1.82) is 0 Å². The van der Waals surface area contributed by atoms with Crippen molar-refractivity contribution in [3.05, 3.63) is 58.7 Å². The summed E-state index contributed by atoms with van der Waals surface area (Å²) in [4.78, 5) is 50.4. The number of phenolic OH excluding ortho intramolecular Hbond substituents is 2.